The molecular weight excluding hydrogens is 676 g/mol. The zero-order valence-corrected chi connectivity index (χ0v) is 33.6. The number of carbonyl (C=O) groups excluding carboxylic acids is 6. The number of hydrogen-bond acceptors (Lipinski definition) is 8. The molecule has 2 fully saturated rings. The maximum absolute atomic E-state index is 14.5. The van der Waals surface area contributed by atoms with Gasteiger partial charge in [0.25, 0.3) is 5.91 Å². The van der Waals surface area contributed by atoms with Gasteiger partial charge in [-0.05, 0) is 49.0 Å². The SMILES string of the molecule is CCCCCC1OC(=O)C([C@@H](C)CC)N(C)C(=O)[C@@H]2CCCN2C(=O)[C@H](Cc2ccccc2)OC(=O)C(C(C)C)N(C)C(=O)[C@H](C(C)C)NC(=O)[C@H]1C. The number of unbranched alkanes of at least 4 members (excludes halogenated alkanes) is 2. The van der Waals surface area contributed by atoms with Gasteiger partial charge in [0.05, 0.1) is 5.92 Å². The minimum absolute atomic E-state index is 0.0605. The van der Waals surface area contributed by atoms with Crippen LogP contribution < -0.4 is 5.32 Å². The maximum Gasteiger partial charge on any atom is 0.329 e. The van der Waals surface area contributed by atoms with Gasteiger partial charge in [-0.25, -0.2) is 9.59 Å². The first-order chi connectivity index (χ1) is 25.0. The fraction of sp³-hybridized carbons (Fsp3) is 0.707. The molecule has 0 radical (unpaired) electrons. The zero-order chi connectivity index (χ0) is 39.6. The summed E-state index contributed by atoms with van der Waals surface area (Å²) in [6.45, 7) is 15.0. The largest absolute Gasteiger partial charge is 0.460 e. The van der Waals surface area contributed by atoms with Gasteiger partial charge < -0.3 is 29.5 Å². The lowest BCUT2D eigenvalue weighted by Crippen LogP contribution is -2.57. The summed E-state index contributed by atoms with van der Waals surface area (Å²) in [7, 11) is 3.07. The standard InChI is InChI=1S/C41H64N4O8/c1-11-13-15-22-31-28(8)36(46)42-33(25(3)4)39(49)43(9)34(26(5)6)40(50)53-32(24-29-19-16-14-17-20-29)38(48)45-23-18-21-30(45)37(47)44(10)35(27(7)12-2)41(51)52-31/h14,16-17,19-20,25-28,30-35H,11-13,15,18,21-24H2,1-10H3,(H,42,46)/t27-,28-,30-,31?,32-,33-,34?,35?/m0/s1. The summed E-state index contributed by atoms with van der Waals surface area (Å²) in [6, 6.07) is 5.24. The third-order valence-corrected chi connectivity index (χ3v) is 11.0. The number of nitrogens with one attached hydrogen (secondary N) is 1. The van der Waals surface area contributed by atoms with Gasteiger partial charge in [-0.15, -0.1) is 0 Å². The highest BCUT2D eigenvalue weighted by atomic mass is 16.6. The molecule has 1 aromatic carbocycles. The number of esters is 2. The Morgan fingerprint density at radius 2 is 1.42 bits per heavy atom. The molecule has 2 aliphatic heterocycles. The van der Waals surface area contributed by atoms with Crippen LogP contribution in [0.4, 0.5) is 0 Å². The van der Waals surface area contributed by atoms with E-state index in [2.05, 4.69) is 12.2 Å². The number of rotatable bonds is 10. The fourth-order valence-electron chi connectivity index (χ4n) is 7.48. The summed E-state index contributed by atoms with van der Waals surface area (Å²) in [5.74, 6) is -5.10. The second kappa shape index (κ2) is 19.9. The van der Waals surface area contributed by atoms with Crippen molar-refractivity contribution in [2.24, 2.45) is 23.7 Å². The Balaban J connectivity index is 2.18. The lowest BCUT2D eigenvalue weighted by Gasteiger charge is -2.36. The van der Waals surface area contributed by atoms with Crippen LogP contribution in [0, 0.1) is 23.7 Å². The Labute approximate surface area is 316 Å². The smallest absolute Gasteiger partial charge is 0.329 e. The topological polar surface area (TPSA) is 143 Å². The van der Waals surface area contributed by atoms with E-state index in [0.717, 1.165) is 18.4 Å². The van der Waals surface area contributed by atoms with E-state index in [9.17, 15) is 28.8 Å². The lowest BCUT2D eigenvalue weighted by molar-refractivity contribution is -0.170. The first-order valence-corrected chi connectivity index (χ1v) is 19.6. The summed E-state index contributed by atoms with van der Waals surface area (Å²) in [5.41, 5.74) is 0.756. The number of fused-ring (bicyclic) bond motifs is 1. The zero-order valence-electron chi connectivity index (χ0n) is 33.6. The average molecular weight is 741 g/mol. The van der Waals surface area contributed by atoms with Gasteiger partial charge in [0.1, 0.15) is 30.3 Å². The van der Waals surface area contributed by atoms with E-state index in [-0.39, 0.29) is 24.8 Å². The van der Waals surface area contributed by atoms with Crippen molar-refractivity contribution in [1.82, 2.24) is 20.0 Å². The van der Waals surface area contributed by atoms with Crippen LogP contribution in [0.2, 0.25) is 0 Å². The van der Waals surface area contributed by atoms with Crippen molar-refractivity contribution in [2.45, 2.75) is 143 Å². The highest BCUT2D eigenvalue weighted by Crippen LogP contribution is 2.27. The fourth-order valence-corrected chi connectivity index (χ4v) is 7.48. The van der Waals surface area contributed by atoms with Crippen LogP contribution in [0.15, 0.2) is 30.3 Å². The normalized spacial score (nSPS) is 27.9. The van der Waals surface area contributed by atoms with E-state index in [1.807, 2.05) is 58.0 Å². The summed E-state index contributed by atoms with van der Waals surface area (Å²) >= 11 is 0. The minimum atomic E-state index is -1.28. The van der Waals surface area contributed by atoms with Gasteiger partial charge in [0, 0.05) is 27.1 Å². The molecule has 2 heterocycles. The highest BCUT2D eigenvalue weighted by Gasteiger charge is 2.45. The van der Waals surface area contributed by atoms with Crippen molar-refractivity contribution in [2.75, 3.05) is 20.6 Å². The van der Waals surface area contributed by atoms with Crippen LogP contribution in [-0.2, 0) is 44.7 Å². The number of nitrogens with zero attached hydrogens (tertiary/aromatic N) is 3. The monoisotopic (exact) mass is 740 g/mol. The summed E-state index contributed by atoms with van der Waals surface area (Å²) < 4.78 is 12.3. The minimum Gasteiger partial charge on any atom is -0.460 e. The Hall–Kier alpha value is -3.96. The van der Waals surface area contributed by atoms with E-state index < -0.39 is 83.8 Å². The molecule has 3 unspecified atom stereocenters. The molecule has 1 aromatic rings. The number of hydrogen-bond donors (Lipinski definition) is 1. The number of amides is 4. The molecule has 0 aromatic heterocycles. The summed E-state index contributed by atoms with van der Waals surface area (Å²) in [6.07, 6.45) is 2.40. The number of benzene rings is 1. The molecule has 296 valence electrons. The van der Waals surface area contributed by atoms with Crippen molar-refractivity contribution in [3.05, 3.63) is 35.9 Å². The van der Waals surface area contributed by atoms with Gasteiger partial charge in [0.2, 0.25) is 17.7 Å². The van der Waals surface area contributed by atoms with Crippen molar-refractivity contribution in [3.63, 3.8) is 0 Å². The number of likely N-dealkylation sites (N-methyl/N-ethyl adjacent to an activating group) is 2. The predicted octanol–water partition coefficient (Wildman–Crippen LogP) is 4.77. The van der Waals surface area contributed by atoms with E-state index in [0.29, 0.717) is 32.1 Å². The summed E-state index contributed by atoms with van der Waals surface area (Å²) in [5, 5.41) is 2.91. The van der Waals surface area contributed by atoms with E-state index in [4.69, 9.17) is 9.47 Å². The van der Waals surface area contributed by atoms with Gasteiger partial charge in [-0.3, -0.25) is 19.2 Å². The van der Waals surface area contributed by atoms with Gasteiger partial charge >= 0.3 is 11.9 Å². The third-order valence-electron chi connectivity index (χ3n) is 11.0. The molecule has 0 spiro atoms. The Morgan fingerprint density at radius 3 is 2.00 bits per heavy atom. The molecule has 0 bridgehead atoms. The lowest BCUT2D eigenvalue weighted by atomic mass is 9.94. The molecule has 53 heavy (non-hydrogen) atoms. The van der Waals surface area contributed by atoms with Crippen LogP contribution in [0.25, 0.3) is 0 Å². The quantitative estimate of drug-likeness (QED) is 0.267. The Kier molecular flexibility index (Phi) is 16.3. The molecule has 4 amide bonds. The van der Waals surface area contributed by atoms with Gasteiger partial charge in [-0.1, -0.05) is 105 Å². The maximum atomic E-state index is 14.5. The van der Waals surface area contributed by atoms with Crippen LogP contribution in [0.5, 0.6) is 0 Å². The second-order valence-corrected chi connectivity index (χ2v) is 15.7. The first kappa shape index (κ1) is 43.4. The Morgan fingerprint density at radius 1 is 0.792 bits per heavy atom. The van der Waals surface area contributed by atoms with Crippen LogP contribution in [-0.4, -0.2) is 107 Å². The van der Waals surface area contributed by atoms with Crippen molar-refractivity contribution >= 4 is 35.6 Å². The molecule has 3 rings (SSSR count). The van der Waals surface area contributed by atoms with Crippen LogP contribution in [0.1, 0.15) is 106 Å². The average Bonchev–Trinajstić information content (AvgIpc) is 3.61. The summed E-state index contributed by atoms with van der Waals surface area (Å²) in [4.78, 5) is 89.4. The molecule has 2 aliphatic rings. The second-order valence-electron chi connectivity index (χ2n) is 15.7. The third kappa shape index (κ3) is 10.8. The Bertz CT molecular complexity index is 1420. The van der Waals surface area contributed by atoms with Gasteiger partial charge in [-0.2, -0.15) is 0 Å². The molecule has 0 aliphatic carbocycles. The number of carbonyl (C=O) groups is 6. The molecule has 2 saturated heterocycles. The predicted molar refractivity (Wildman–Crippen MR) is 202 cm³/mol. The van der Waals surface area contributed by atoms with Crippen molar-refractivity contribution in [3.8, 4) is 0 Å². The van der Waals surface area contributed by atoms with E-state index in [1.54, 1.807) is 27.8 Å². The number of ether oxygens (including phenoxy) is 2. The molecule has 8 atom stereocenters. The van der Waals surface area contributed by atoms with Crippen molar-refractivity contribution < 1.29 is 38.2 Å². The number of cyclic esters (lactones) is 2. The van der Waals surface area contributed by atoms with Crippen molar-refractivity contribution in [1.29, 1.82) is 0 Å². The molecule has 12 heteroatoms. The van der Waals surface area contributed by atoms with Crippen LogP contribution in [0.3, 0.4) is 0 Å². The van der Waals surface area contributed by atoms with Crippen LogP contribution >= 0.6 is 0 Å². The molecule has 12 nitrogen and oxygen atoms in total. The van der Waals surface area contributed by atoms with E-state index >= 15 is 0 Å². The van der Waals surface area contributed by atoms with Gasteiger partial charge in [0.15, 0.2) is 6.10 Å². The molecule has 1 N–H and O–H groups in total. The first-order valence-electron chi connectivity index (χ1n) is 19.6. The molecular formula is C41H64N4O8. The van der Waals surface area contributed by atoms with E-state index in [1.165, 1.54) is 21.7 Å². The molecule has 0 saturated carbocycles. The highest BCUT2D eigenvalue weighted by molar-refractivity contribution is 5.95.